The van der Waals surface area contributed by atoms with Crippen molar-refractivity contribution in [2.24, 2.45) is 0 Å². The first-order valence-electron chi connectivity index (χ1n) is 3.48. The van der Waals surface area contributed by atoms with Crippen LogP contribution < -0.4 is 11.1 Å². The van der Waals surface area contributed by atoms with Crippen LogP contribution in [0.15, 0.2) is 6.07 Å². The molecule has 0 amide bonds. The van der Waals surface area contributed by atoms with Crippen LogP contribution in [0.2, 0.25) is 0 Å². The monoisotopic (exact) mass is 212 g/mol. The zero-order valence-electron chi connectivity index (χ0n) is 6.67. The van der Waals surface area contributed by atoms with Crippen molar-refractivity contribution in [1.29, 1.82) is 0 Å². The molecule has 7 heteroatoms. The topological polar surface area (TPSA) is 24.1 Å². The second kappa shape index (κ2) is 4.34. The van der Waals surface area contributed by atoms with E-state index >= 15 is 0 Å². The number of hydrogen-bond donors (Lipinski definition) is 2. The molecule has 0 aliphatic heterocycles. The molecule has 0 atom stereocenters. The first kappa shape index (κ1) is 10.9. The van der Waals surface area contributed by atoms with Gasteiger partial charge in [0.2, 0.25) is 0 Å². The molecule has 1 rings (SSSR count). The van der Waals surface area contributed by atoms with Crippen molar-refractivity contribution in [1.82, 2.24) is 11.1 Å². The van der Waals surface area contributed by atoms with E-state index in [0.717, 1.165) is 5.65 Å². The first-order chi connectivity index (χ1) is 6.57. The Morgan fingerprint density at radius 2 is 1.64 bits per heavy atom. The predicted octanol–water partition coefficient (Wildman–Crippen LogP) is 1.72. The number of hydrogen-bond acceptors (Lipinski definition) is 2. The molecule has 0 aliphatic rings. The minimum absolute atomic E-state index is 0.443. The average Bonchev–Trinajstić information content (AvgIpc) is 2.18. The molecule has 1 aromatic carbocycles. The Labute approximate surface area is 75.6 Å². The molecule has 0 bridgehead atoms. The molecule has 0 aromatic heterocycles. The second-order valence-corrected chi connectivity index (χ2v) is 2.41. The highest BCUT2D eigenvalue weighted by atomic mass is 19.2. The molecule has 14 heavy (non-hydrogen) atoms. The lowest BCUT2D eigenvalue weighted by atomic mass is 10.2. The number of nitrogens with one attached hydrogen (secondary N) is 2. The highest BCUT2D eigenvalue weighted by molar-refractivity contribution is 5.21. The third-order valence-electron chi connectivity index (χ3n) is 1.52. The molecule has 0 fully saturated rings. The van der Waals surface area contributed by atoms with Crippen LogP contribution in [0.5, 0.6) is 0 Å². The zero-order valence-corrected chi connectivity index (χ0v) is 6.67. The minimum atomic E-state index is -1.92. The Hall–Kier alpha value is -1.21. The maximum Gasteiger partial charge on any atom is 0.197 e. The predicted molar refractivity (Wildman–Crippen MR) is 37.4 cm³/mol. The van der Waals surface area contributed by atoms with Crippen LogP contribution >= 0.6 is 0 Å². The Kier molecular flexibility index (Phi) is 3.37. The second-order valence-electron chi connectivity index (χ2n) is 2.41. The molecule has 0 spiro atoms. The Balaban J connectivity index is 3.06. The van der Waals surface area contributed by atoms with E-state index < -0.39 is 35.4 Å². The molecule has 0 unspecified atom stereocenters. The summed E-state index contributed by atoms with van der Waals surface area (Å²) in [6.07, 6.45) is 0. The van der Waals surface area contributed by atoms with Gasteiger partial charge in [0.05, 0.1) is 0 Å². The van der Waals surface area contributed by atoms with Gasteiger partial charge in [-0.25, -0.2) is 23.0 Å². The SMILES string of the molecule is FNNCc1cc(F)c(F)c(F)c1F. The van der Waals surface area contributed by atoms with Gasteiger partial charge in [-0.15, -0.1) is 4.48 Å². The standard InChI is InChI=1S/C7H5F5N2/c8-4-1-3(2-13-14-12)5(9)7(11)6(4)10/h1,13-14H,2H2. The normalized spacial score (nSPS) is 10.6. The van der Waals surface area contributed by atoms with Crippen LogP contribution in [0.4, 0.5) is 22.0 Å². The molecule has 0 heterocycles. The van der Waals surface area contributed by atoms with Crippen molar-refractivity contribution in [3.8, 4) is 0 Å². The van der Waals surface area contributed by atoms with Gasteiger partial charge in [-0.2, -0.15) is 0 Å². The van der Waals surface area contributed by atoms with Crippen LogP contribution in [0.1, 0.15) is 5.56 Å². The van der Waals surface area contributed by atoms with E-state index in [4.69, 9.17) is 0 Å². The Morgan fingerprint density at radius 1 is 1.00 bits per heavy atom. The lowest BCUT2D eigenvalue weighted by Crippen LogP contribution is -2.24. The highest BCUT2D eigenvalue weighted by Gasteiger charge is 2.18. The van der Waals surface area contributed by atoms with Gasteiger partial charge in [-0.3, -0.25) is 0 Å². The Bertz CT molecular complexity index is 341. The molecule has 1 aromatic rings. The van der Waals surface area contributed by atoms with Crippen LogP contribution in [-0.2, 0) is 6.54 Å². The van der Waals surface area contributed by atoms with E-state index in [-0.39, 0.29) is 0 Å². The maximum atomic E-state index is 12.8. The van der Waals surface area contributed by atoms with E-state index in [0.29, 0.717) is 6.07 Å². The van der Waals surface area contributed by atoms with Crippen molar-refractivity contribution in [2.45, 2.75) is 6.54 Å². The highest BCUT2D eigenvalue weighted by Crippen LogP contribution is 2.18. The first-order valence-corrected chi connectivity index (χ1v) is 3.48. The van der Waals surface area contributed by atoms with E-state index in [1.807, 2.05) is 0 Å². The van der Waals surface area contributed by atoms with Crippen LogP contribution in [0.3, 0.4) is 0 Å². The van der Waals surface area contributed by atoms with E-state index in [1.54, 1.807) is 5.43 Å². The van der Waals surface area contributed by atoms with Gasteiger partial charge < -0.3 is 0 Å². The van der Waals surface area contributed by atoms with Crippen LogP contribution in [0.25, 0.3) is 0 Å². The van der Waals surface area contributed by atoms with Crippen LogP contribution in [0, 0.1) is 23.3 Å². The minimum Gasteiger partial charge on any atom is -0.226 e. The summed E-state index contributed by atoms with van der Waals surface area (Å²) in [6.45, 7) is -0.517. The zero-order chi connectivity index (χ0) is 10.7. The molecular formula is C7H5F5N2. The number of halogens is 5. The third kappa shape index (κ3) is 1.99. The maximum absolute atomic E-state index is 12.8. The summed E-state index contributed by atoms with van der Waals surface area (Å²) in [4.78, 5) is 0. The van der Waals surface area contributed by atoms with Crippen molar-refractivity contribution in [2.75, 3.05) is 0 Å². The summed E-state index contributed by atoms with van der Waals surface area (Å²) in [7, 11) is 0. The number of rotatable bonds is 3. The lowest BCUT2D eigenvalue weighted by molar-refractivity contribution is 0.261. The molecule has 0 saturated heterocycles. The largest absolute Gasteiger partial charge is 0.226 e. The number of hydrazine groups is 1. The number of benzene rings is 1. The molecule has 0 saturated carbocycles. The summed E-state index contributed by atoms with van der Waals surface area (Å²) < 4.78 is 61.6. The smallest absolute Gasteiger partial charge is 0.197 e. The third-order valence-corrected chi connectivity index (χ3v) is 1.52. The molecule has 2 N–H and O–H groups in total. The van der Waals surface area contributed by atoms with Gasteiger partial charge in [0.15, 0.2) is 23.3 Å². The van der Waals surface area contributed by atoms with Gasteiger partial charge >= 0.3 is 0 Å². The van der Waals surface area contributed by atoms with Crippen molar-refractivity contribution in [3.05, 3.63) is 34.9 Å². The van der Waals surface area contributed by atoms with Crippen molar-refractivity contribution >= 4 is 0 Å². The van der Waals surface area contributed by atoms with Crippen LogP contribution in [-0.4, -0.2) is 0 Å². The van der Waals surface area contributed by atoms with Gasteiger partial charge in [-0.1, -0.05) is 5.65 Å². The summed E-state index contributed by atoms with van der Waals surface area (Å²) in [6, 6.07) is 0.443. The summed E-state index contributed by atoms with van der Waals surface area (Å²) >= 11 is 0. The van der Waals surface area contributed by atoms with Gasteiger partial charge in [-0.05, 0) is 6.07 Å². The van der Waals surface area contributed by atoms with Crippen molar-refractivity contribution in [3.63, 3.8) is 0 Å². The average molecular weight is 212 g/mol. The lowest BCUT2D eigenvalue weighted by Gasteiger charge is -2.05. The fourth-order valence-corrected chi connectivity index (χ4v) is 0.879. The quantitative estimate of drug-likeness (QED) is 0.262. The molecule has 78 valence electrons. The molecule has 0 radical (unpaired) electrons. The fourth-order valence-electron chi connectivity index (χ4n) is 0.879. The molecule has 2 nitrogen and oxygen atoms in total. The summed E-state index contributed by atoms with van der Waals surface area (Å²) in [5.74, 6) is -6.88. The van der Waals surface area contributed by atoms with Gasteiger partial charge in [0, 0.05) is 12.1 Å². The van der Waals surface area contributed by atoms with Gasteiger partial charge in [0.1, 0.15) is 0 Å². The molecule has 0 aliphatic carbocycles. The van der Waals surface area contributed by atoms with Gasteiger partial charge in [0.25, 0.3) is 0 Å². The van der Waals surface area contributed by atoms with E-state index in [9.17, 15) is 22.0 Å². The summed E-state index contributed by atoms with van der Waals surface area (Å²) in [5.41, 5.74) is 2.19. The Morgan fingerprint density at radius 3 is 2.21 bits per heavy atom. The van der Waals surface area contributed by atoms with Crippen molar-refractivity contribution < 1.29 is 22.0 Å². The molecular weight excluding hydrogens is 207 g/mol. The van der Waals surface area contributed by atoms with E-state index in [1.165, 1.54) is 0 Å². The van der Waals surface area contributed by atoms with E-state index in [2.05, 4.69) is 0 Å². The fraction of sp³-hybridized carbons (Fsp3) is 0.143. The summed E-state index contributed by atoms with van der Waals surface area (Å²) in [5, 5.41) is 0.